The monoisotopic (exact) mass is 836 g/mol. The van der Waals surface area contributed by atoms with Gasteiger partial charge in [-0.15, -0.1) is 4.36 Å². The lowest BCUT2D eigenvalue weighted by molar-refractivity contribution is -0.114. The summed E-state index contributed by atoms with van der Waals surface area (Å²) in [7, 11) is -1.66. The summed E-state index contributed by atoms with van der Waals surface area (Å²) in [6.45, 7) is 12.0. The molecule has 0 radical (unpaired) electrons. The second-order valence-electron chi connectivity index (χ2n) is 18.5. The quantitative estimate of drug-likeness (QED) is 0.417. The highest BCUT2D eigenvalue weighted by atomic mass is 35.5. The van der Waals surface area contributed by atoms with Gasteiger partial charge in [-0.2, -0.15) is 0 Å². The smallest absolute Gasteiger partial charge is 0.329 e. The number of hydrogen-bond acceptors (Lipinski definition) is 9. The average Bonchev–Trinajstić information content (AvgIpc) is 3.33. The summed E-state index contributed by atoms with van der Waals surface area (Å²) in [5.41, 5.74) is 2.88. The fourth-order valence-corrected chi connectivity index (χ4v) is 13.2. The molecule has 1 N–H and O–H groups in total. The molecule has 3 amide bonds. The standard InChI is InChI=1S/C44H61ClN6O6S/c1-30-5-3-7-40(55-2)37-11-8-34(37)24-51-28-44(14-4-6-32-19-35(45)10-12-38(32)44)29-57-41-13-9-33(20-39(41)51)42(52)46-58(54,27-30)47-43(53)50-22-31(23-50)21-48-15-16-49-17-18-56-26-36(49)25-48/h3,7,9-10,12-13,19,30-31,34,36-37,39-40H,4-6,8,11,14-18,20-29H2,1-2H3,(H,46,47,52,53,54)/b7-3+/t30-,34-,36-,37+,39?,40-,44-,58?/m0/s1. The van der Waals surface area contributed by atoms with Crippen molar-refractivity contribution in [3.05, 3.63) is 70.0 Å². The van der Waals surface area contributed by atoms with Crippen LogP contribution in [-0.4, -0.2) is 146 Å². The first-order chi connectivity index (χ1) is 28.1. The number of nitrogens with zero attached hydrogens (tertiary/aromatic N) is 5. The molecule has 58 heavy (non-hydrogen) atoms. The van der Waals surface area contributed by atoms with Crippen LogP contribution >= 0.6 is 11.6 Å². The third kappa shape index (κ3) is 8.43. The van der Waals surface area contributed by atoms with Crippen molar-refractivity contribution in [1.82, 2.24) is 24.3 Å². The van der Waals surface area contributed by atoms with Crippen LogP contribution in [0.3, 0.4) is 0 Å². The van der Waals surface area contributed by atoms with Crippen LogP contribution in [0.15, 0.2) is 58.2 Å². The summed E-state index contributed by atoms with van der Waals surface area (Å²) in [5, 5.41) is 0.759. The Balaban J connectivity index is 0.949. The minimum Gasteiger partial charge on any atom is -0.495 e. The van der Waals surface area contributed by atoms with E-state index >= 15 is 0 Å². The van der Waals surface area contributed by atoms with Crippen molar-refractivity contribution < 1.29 is 28.0 Å². The van der Waals surface area contributed by atoms with Gasteiger partial charge >= 0.3 is 6.03 Å². The van der Waals surface area contributed by atoms with E-state index in [4.69, 9.17) is 25.8 Å². The number of aryl methyl sites for hydroxylation is 1. The molecule has 5 fully saturated rings. The molecule has 12 nitrogen and oxygen atoms in total. The minimum absolute atomic E-state index is 0.0278. The van der Waals surface area contributed by atoms with Gasteiger partial charge < -0.3 is 24.0 Å². The third-order valence-electron chi connectivity index (χ3n) is 14.4. The molecule has 1 aromatic rings. The van der Waals surface area contributed by atoms with Crippen molar-refractivity contribution in [2.75, 3.05) is 91.6 Å². The number of methoxy groups -OCH3 is 1. The number of carbonyl (C=O) groups excluding carboxylic acids is 2. The zero-order valence-corrected chi connectivity index (χ0v) is 35.8. The molecule has 1 saturated carbocycles. The van der Waals surface area contributed by atoms with Gasteiger partial charge in [-0.3, -0.25) is 19.3 Å². The van der Waals surface area contributed by atoms with Gasteiger partial charge in [-0.1, -0.05) is 36.7 Å². The molecule has 8 aliphatic rings. The average molecular weight is 838 g/mol. The topological polar surface area (TPSA) is 116 Å². The van der Waals surface area contributed by atoms with Crippen LogP contribution in [-0.2, 0) is 40.8 Å². The molecule has 5 heterocycles. The molecule has 0 aromatic heterocycles. The number of fused-ring (bicyclic) bond motifs is 5. The van der Waals surface area contributed by atoms with Crippen molar-refractivity contribution in [3.63, 3.8) is 0 Å². The number of likely N-dealkylation sites (tertiary alicyclic amines) is 1. The maximum atomic E-state index is 14.8. The van der Waals surface area contributed by atoms with E-state index in [1.165, 1.54) is 11.1 Å². The zero-order valence-electron chi connectivity index (χ0n) is 34.2. The summed E-state index contributed by atoms with van der Waals surface area (Å²) in [5.74, 6) is 1.46. The molecule has 316 valence electrons. The SMILES string of the molecule is CO[C@H]1/C=C/C[C@H](C)CS(=O)(NC(=O)N2CC(CN3CCN4CCOC[C@@H]4C3)C2)=NC(=O)C2=CC=C3OC[C@]4(CCCc5cc(Cl)ccc54)CN(C[C@@H]4CC[C@H]41)C3C2. The van der Waals surface area contributed by atoms with E-state index in [9.17, 15) is 13.8 Å². The number of morpholine rings is 1. The van der Waals surface area contributed by atoms with E-state index in [1.807, 2.05) is 19.1 Å². The van der Waals surface area contributed by atoms with Gasteiger partial charge in [0, 0.05) is 100 Å². The summed E-state index contributed by atoms with van der Waals surface area (Å²) in [4.78, 5) is 37.2. The van der Waals surface area contributed by atoms with Gasteiger partial charge in [-0.05, 0) is 91.7 Å². The van der Waals surface area contributed by atoms with Crippen molar-refractivity contribution in [3.8, 4) is 0 Å². The molecule has 5 aliphatic heterocycles. The van der Waals surface area contributed by atoms with E-state index in [1.54, 1.807) is 18.1 Å². The fourth-order valence-electron chi connectivity index (χ4n) is 11.1. The van der Waals surface area contributed by atoms with Gasteiger partial charge in [0.1, 0.15) is 15.7 Å². The van der Waals surface area contributed by atoms with Crippen molar-refractivity contribution >= 4 is 33.5 Å². The Labute approximate surface area is 349 Å². The van der Waals surface area contributed by atoms with Crippen LogP contribution < -0.4 is 4.72 Å². The molecule has 1 aromatic carbocycles. The fraction of sp³-hybridized carbons (Fsp3) is 0.682. The Bertz CT molecular complexity index is 1960. The number of carbonyl (C=O) groups is 2. The minimum atomic E-state index is -3.46. The maximum Gasteiger partial charge on any atom is 0.329 e. The first-order valence-electron chi connectivity index (χ1n) is 21.7. The number of amides is 3. The molecule has 3 aliphatic carbocycles. The van der Waals surface area contributed by atoms with Gasteiger partial charge in [0.2, 0.25) is 0 Å². The number of rotatable bonds is 4. The van der Waals surface area contributed by atoms with E-state index < -0.39 is 21.9 Å². The summed E-state index contributed by atoms with van der Waals surface area (Å²) in [6, 6.07) is 6.17. The normalized spacial score (nSPS) is 36.9. The van der Waals surface area contributed by atoms with E-state index in [0.717, 1.165) is 102 Å². The van der Waals surface area contributed by atoms with Crippen LogP contribution in [0.1, 0.15) is 56.6 Å². The van der Waals surface area contributed by atoms with Gasteiger partial charge in [-0.25, -0.2) is 9.00 Å². The number of halogens is 1. The highest BCUT2D eigenvalue weighted by Crippen LogP contribution is 2.46. The maximum absolute atomic E-state index is 14.8. The molecular formula is C44H61ClN6O6S. The predicted octanol–water partition coefficient (Wildman–Crippen LogP) is 5.03. The van der Waals surface area contributed by atoms with E-state index in [2.05, 4.69) is 48.1 Å². The van der Waals surface area contributed by atoms with Crippen LogP contribution in [0.25, 0.3) is 0 Å². The van der Waals surface area contributed by atoms with E-state index in [0.29, 0.717) is 61.9 Å². The Hall–Kier alpha value is -2.78. The van der Waals surface area contributed by atoms with Gasteiger partial charge in [0.15, 0.2) is 0 Å². The van der Waals surface area contributed by atoms with Gasteiger partial charge in [0.25, 0.3) is 5.91 Å². The number of nitrogens with one attached hydrogen (secondary N) is 1. The highest BCUT2D eigenvalue weighted by Gasteiger charge is 2.47. The first-order valence-corrected chi connectivity index (χ1v) is 23.8. The molecule has 1 spiro atoms. The Morgan fingerprint density at radius 2 is 2.00 bits per heavy atom. The number of hydrogen-bond donors (Lipinski definition) is 1. The number of urea groups is 1. The Morgan fingerprint density at radius 3 is 2.83 bits per heavy atom. The molecular weight excluding hydrogens is 776 g/mol. The molecule has 8 atom stereocenters. The third-order valence-corrected chi connectivity index (χ3v) is 16.7. The van der Waals surface area contributed by atoms with Crippen LogP contribution in [0, 0.1) is 23.7 Å². The Kier molecular flexibility index (Phi) is 11.9. The molecule has 14 heteroatoms. The number of benzene rings is 1. The Morgan fingerprint density at radius 1 is 1.12 bits per heavy atom. The lowest BCUT2D eigenvalue weighted by Crippen LogP contribution is -2.62. The first kappa shape index (κ1) is 40.6. The number of piperazine rings is 1. The predicted molar refractivity (Wildman–Crippen MR) is 225 cm³/mol. The van der Waals surface area contributed by atoms with E-state index in [-0.39, 0.29) is 29.2 Å². The second-order valence-corrected chi connectivity index (χ2v) is 20.9. The van der Waals surface area contributed by atoms with Crippen molar-refractivity contribution in [2.24, 2.45) is 28.0 Å². The lowest BCUT2D eigenvalue weighted by atomic mass is 9.68. The molecule has 2 unspecified atom stereocenters. The van der Waals surface area contributed by atoms with Crippen molar-refractivity contribution in [2.45, 2.75) is 75.5 Å². The highest BCUT2D eigenvalue weighted by molar-refractivity contribution is 7.92. The second kappa shape index (κ2) is 16.9. The van der Waals surface area contributed by atoms with Gasteiger partial charge in [0.05, 0.1) is 37.7 Å². The molecule has 9 rings (SSSR count). The van der Waals surface area contributed by atoms with Crippen LogP contribution in [0.4, 0.5) is 4.79 Å². The molecule has 2 bridgehead atoms. The summed E-state index contributed by atoms with van der Waals surface area (Å²) in [6.07, 6.45) is 14.3. The summed E-state index contributed by atoms with van der Waals surface area (Å²) >= 11 is 6.50. The van der Waals surface area contributed by atoms with Crippen molar-refractivity contribution in [1.29, 1.82) is 0 Å². The van der Waals surface area contributed by atoms with Crippen LogP contribution in [0.2, 0.25) is 5.02 Å². The zero-order chi connectivity index (χ0) is 40.0. The lowest BCUT2D eigenvalue weighted by Gasteiger charge is -2.47. The van der Waals surface area contributed by atoms with Crippen LogP contribution in [0.5, 0.6) is 0 Å². The summed E-state index contributed by atoms with van der Waals surface area (Å²) < 4.78 is 40.6. The number of allylic oxidation sites excluding steroid dienone is 3. The largest absolute Gasteiger partial charge is 0.495 e. The number of ether oxygens (including phenoxy) is 3. The molecule has 4 saturated heterocycles.